The molecule has 1 rings (SSSR count). The maximum Gasteiger partial charge on any atom is 0.335 e. The SMILES string of the molecule is CC(OC1(NCCO)CC1)C(=O)OC(C)(C)C. The summed E-state index contributed by atoms with van der Waals surface area (Å²) >= 11 is 0. The fourth-order valence-electron chi connectivity index (χ4n) is 1.50. The Morgan fingerprint density at radius 3 is 2.47 bits per heavy atom. The van der Waals surface area contributed by atoms with Crippen molar-refractivity contribution in [2.75, 3.05) is 13.2 Å². The molecular weight excluding hydrogens is 222 g/mol. The monoisotopic (exact) mass is 245 g/mol. The van der Waals surface area contributed by atoms with Crippen molar-refractivity contribution >= 4 is 5.97 Å². The third-order valence-electron chi connectivity index (χ3n) is 2.40. The minimum atomic E-state index is -0.595. The fraction of sp³-hybridized carbons (Fsp3) is 0.917. The zero-order valence-electron chi connectivity index (χ0n) is 11.1. The molecule has 0 aliphatic heterocycles. The summed E-state index contributed by atoms with van der Waals surface area (Å²) in [5.74, 6) is -0.352. The van der Waals surface area contributed by atoms with Gasteiger partial charge in [0.1, 0.15) is 11.3 Å². The third-order valence-corrected chi connectivity index (χ3v) is 2.40. The van der Waals surface area contributed by atoms with E-state index in [0.717, 1.165) is 12.8 Å². The average molecular weight is 245 g/mol. The Kier molecular flexibility index (Phi) is 4.52. The van der Waals surface area contributed by atoms with Gasteiger partial charge in [0.05, 0.1) is 6.61 Å². The molecule has 100 valence electrons. The van der Waals surface area contributed by atoms with Gasteiger partial charge in [-0.15, -0.1) is 0 Å². The first-order chi connectivity index (χ1) is 7.78. The summed E-state index contributed by atoms with van der Waals surface area (Å²) in [4.78, 5) is 11.7. The van der Waals surface area contributed by atoms with Crippen LogP contribution < -0.4 is 5.32 Å². The number of nitrogens with one attached hydrogen (secondary N) is 1. The molecule has 1 aliphatic rings. The first kappa shape index (κ1) is 14.4. The second-order valence-electron chi connectivity index (χ2n) is 5.44. The largest absolute Gasteiger partial charge is 0.458 e. The smallest absolute Gasteiger partial charge is 0.335 e. The maximum atomic E-state index is 11.7. The molecule has 0 aromatic heterocycles. The van der Waals surface area contributed by atoms with Crippen molar-refractivity contribution in [3.05, 3.63) is 0 Å². The number of aliphatic hydroxyl groups excluding tert-OH is 1. The predicted octanol–water partition coefficient (Wildman–Crippen LogP) is 0.805. The van der Waals surface area contributed by atoms with Gasteiger partial charge in [0.25, 0.3) is 0 Å². The maximum absolute atomic E-state index is 11.7. The van der Waals surface area contributed by atoms with Crippen LogP contribution in [0.5, 0.6) is 0 Å². The van der Waals surface area contributed by atoms with Crippen molar-refractivity contribution in [2.24, 2.45) is 0 Å². The van der Waals surface area contributed by atoms with Gasteiger partial charge in [-0.1, -0.05) is 0 Å². The van der Waals surface area contributed by atoms with Crippen LogP contribution in [0.1, 0.15) is 40.5 Å². The van der Waals surface area contributed by atoms with Gasteiger partial charge in [-0.05, 0) is 40.5 Å². The number of carbonyl (C=O) groups excluding carboxylic acids is 1. The van der Waals surface area contributed by atoms with Gasteiger partial charge in [-0.3, -0.25) is 5.32 Å². The van der Waals surface area contributed by atoms with Crippen LogP contribution in [0.15, 0.2) is 0 Å². The molecular formula is C12H23NO4. The molecule has 5 nitrogen and oxygen atoms in total. The van der Waals surface area contributed by atoms with Gasteiger partial charge >= 0.3 is 5.97 Å². The lowest BCUT2D eigenvalue weighted by Gasteiger charge is -2.25. The highest BCUT2D eigenvalue weighted by Gasteiger charge is 2.46. The average Bonchev–Trinajstić information content (AvgIpc) is 2.93. The highest BCUT2D eigenvalue weighted by atomic mass is 16.6. The van der Waals surface area contributed by atoms with Gasteiger partial charge in [-0.2, -0.15) is 0 Å². The van der Waals surface area contributed by atoms with Gasteiger partial charge in [-0.25, -0.2) is 4.79 Å². The van der Waals surface area contributed by atoms with Crippen LogP contribution in [-0.2, 0) is 14.3 Å². The number of ether oxygens (including phenoxy) is 2. The number of rotatable bonds is 6. The zero-order valence-corrected chi connectivity index (χ0v) is 11.1. The lowest BCUT2D eigenvalue weighted by molar-refractivity contribution is -0.174. The van der Waals surface area contributed by atoms with E-state index in [9.17, 15) is 4.79 Å². The van der Waals surface area contributed by atoms with E-state index in [1.54, 1.807) is 6.92 Å². The summed E-state index contributed by atoms with van der Waals surface area (Å²) in [7, 11) is 0. The second-order valence-corrected chi connectivity index (χ2v) is 5.44. The molecule has 0 heterocycles. The highest BCUT2D eigenvalue weighted by molar-refractivity contribution is 5.74. The zero-order chi connectivity index (χ0) is 13.1. The van der Waals surface area contributed by atoms with E-state index in [0.29, 0.717) is 6.54 Å². The van der Waals surface area contributed by atoms with E-state index in [-0.39, 0.29) is 12.6 Å². The Hall–Kier alpha value is -0.650. The third kappa shape index (κ3) is 5.02. The van der Waals surface area contributed by atoms with Gasteiger partial charge < -0.3 is 14.6 Å². The Bertz CT molecular complexity index is 268. The van der Waals surface area contributed by atoms with E-state index in [2.05, 4.69) is 5.32 Å². The van der Waals surface area contributed by atoms with Crippen molar-refractivity contribution in [3.8, 4) is 0 Å². The molecule has 2 N–H and O–H groups in total. The van der Waals surface area contributed by atoms with Crippen molar-refractivity contribution in [1.82, 2.24) is 5.32 Å². The molecule has 0 radical (unpaired) electrons. The number of aliphatic hydroxyl groups is 1. The number of hydrogen-bond acceptors (Lipinski definition) is 5. The van der Waals surface area contributed by atoms with E-state index < -0.39 is 17.4 Å². The summed E-state index contributed by atoms with van der Waals surface area (Å²) in [6, 6.07) is 0. The Morgan fingerprint density at radius 2 is 2.06 bits per heavy atom. The molecule has 1 aliphatic carbocycles. The van der Waals surface area contributed by atoms with E-state index in [1.165, 1.54) is 0 Å². The van der Waals surface area contributed by atoms with Crippen molar-refractivity contribution in [2.45, 2.75) is 58.0 Å². The van der Waals surface area contributed by atoms with Crippen LogP contribution in [0.4, 0.5) is 0 Å². The van der Waals surface area contributed by atoms with Gasteiger partial charge in [0.2, 0.25) is 0 Å². The van der Waals surface area contributed by atoms with Crippen molar-refractivity contribution < 1.29 is 19.4 Å². The number of hydrogen-bond donors (Lipinski definition) is 2. The topological polar surface area (TPSA) is 67.8 Å². The molecule has 0 bridgehead atoms. The lowest BCUT2D eigenvalue weighted by atomic mass is 10.2. The Balaban J connectivity index is 2.38. The number of carbonyl (C=O) groups is 1. The van der Waals surface area contributed by atoms with E-state index in [4.69, 9.17) is 14.6 Å². The Morgan fingerprint density at radius 1 is 1.47 bits per heavy atom. The number of esters is 1. The highest BCUT2D eigenvalue weighted by Crippen LogP contribution is 2.37. The van der Waals surface area contributed by atoms with Crippen molar-refractivity contribution in [3.63, 3.8) is 0 Å². The van der Waals surface area contributed by atoms with Crippen LogP contribution in [0.25, 0.3) is 0 Å². The van der Waals surface area contributed by atoms with Crippen LogP contribution >= 0.6 is 0 Å². The summed E-state index contributed by atoms with van der Waals surface area (Å²) in [5, 5.41) is 11.8. The minimum absolute atomic E-state index is 0.0614. The molecule has 17 heavy (non-hydrogen) atoms. The fourth-order valence-corrected chi connectivity index (χ4v) is 1.50. The van der Waals surface area contributed by atoms with Crippen LogP contribution in [0, 0.1) is 0 Å². The minimum Gasteiger partial charge on any atom is -0.458 e. The van der Waals surface area contributed by atoms with Crippen LogP contribution in [0.2, 0.25) is 0 Å². The molecule has 5 heteroatoms. The summed E-state index contributed by atoms with van der Waals surface area (Å²) in [5.41, 5.74) is -0.928. The summed E-state index contributed by atoms with van der Waals surface area (Å²) in [6.07, 6.45) is 1.13. The van der Waals surface area contributed by atoms with Gasteiger partial charge in [0, 0.05) is 6.54 Å². The Labute approximate surface area is 102 Å². The standard InChI is InChI=1S/C12H23NO4/c1-9(10(15)17-11(2,3)4)16-12(5-6-12)13-7-8-14/h9,13-14H,5-8H2,1-4H3. The summed E-state index contributed by atoms with van der Waals surface area (Å²) < 4.78 is 10.9. The molecule has 0 spiro atoms. The van der Waals surface area contributed by atoms with Gasteiger partial charge in [0.15, 0.2) is 6.10 Å². The predicted molar refractivity (Wildman–Crippen MR) is 63.4 cm³/mol. The molecule has 1 saturated carbocycles. The van der Waals surface area contributed by atoms with E-state index in [1.807, 2.05) is 20.8 Å². The molecule has 0 amide bonds. The normalized spacial score (nSPS) is 19.8. The molecule has 1 fully saturated rings. The lowest BCUT2D eigenvalue weighted by Crippen LogP contribution is -2.42. The molecule has 1 unspecified atom stereocenters. The summed E-state index contributed by atoms with van der Waals surface area (Å²) in [6.45, 7) is 7.71. The molecule has 0 saturated heterocycles. The molecule has 0 aromatic rings. The molecule has 0 aromatic carbocycles. The second kappa shape index (κ2) is 5.33. The van der Waals surface area contributed by atoms with E-state index >= 15 is 0 Å². The van der Waals surface area contributed by atoms with Crippen molar-refractivity contribution in [1.29, 1.82) is 0 Å². The first-order valence-electron chi connectivity index (χ1n) is 6.05. The van der Waals surface area contributed by atoms with Crippen LogP contribution in [0.3, 0.4) is 0 Å². The quantitative estimate of drug-likeness (QED) is 0.535. The van der Waals surface area contributed by atoms with Crippen LogP contribution in [-0.4, -0.2) is 41.7 Å². The first-order valence-corrected chi connectivity index (χ1v) is 6.05. The molecule has 1 atom stereocenters.